The monoisotopic (exact) mass is 331 g/mol. The second kappa shape index (κ2) is 6.32. The Balaban J connectivity index is 2.16. The fourth-order valence-electron chi connectivity index (χ4n) is 3.39. The number of ether oxygens (including phenoxy) is 1. The van der Waals surface area contributed by atoms with Crippen LogP contribution in [-0.2, 0) is 20.7 Å². The van der Waals surface area contributed by atoms with E-state index in [0.29, 0.717) is 12.0 Å². The number of allylic oxidation sites excluding steroid dienone is 3. The van der Waals surface area contributed by atoms with Crippen molar-refractivity contribution in [1.82, 2.24) is 5.32 Å². The van der Waals surface area contributed by atoms with Crippen LogP contribution in [-0.4, -0.2) is 18.9 Å². The number of dihydropyridines is 1. The highest BCUT2D eigenvalue weighted by Gasteiger charge is 2.39. The molecule has 2 aliphatic rings. The van der Waals surface area contributed by atoms with E-state index < -0.39 is 0 Å². The number of methoxy groups -OCH3 is 1. The standard InChI is InChI=1S/C18H21NO3S/c1-4-11-8-9-14(23-11)17-15(18(21)22-3)10(2)19-12-6-5-7-13(20)16(12)17/h8-9,17,19H,4-7H2,1-3H3. The minimum Gasteiger partial charge on any atom is -0.466 e. The molecule has 0 saturated carbocycles. The fraction of sp³-hybridized carbons (Fsp3) is 0.444. The van der Waals surface area contributed by atoms with E-state index in [4.69, 9.17) is 4.74 Å². The molecule has 4 nitrogen and oxygen atoms in total. The van der Waals surface area contributed by atoms with Gasteiger partial charge in [0.1, 0.15) is 0 Å². The minimum atomic E-state index is -0.364. The molecular formula is C18H21NO3S. The van der Waals surface area contributed by atoms with Gasteiger partial charge in [-0.3, -0.25) is 4.79 Å². The van der Waals surface area contributed by atoms with Crippen LogP contribution in [0.2, 0.25) is 0 Å². The maximum absolute atomic E-state index is 12.6. The molecule has 23 heavy (non-hydrogen) atoms. The molecule has 0 aromatic carbocycles. The quantitative estimate of drug-likeness (QED) is 0.862. The third kappa shape index (κ3) is 2.74. The first-order valence-electron chi connectivity index (χ1n) is 7.97. The van der Waals surface area contributed by atoms with Gasteiger partial charge in [-0.05, 0) is 38.3 Å². The number of hydrogen-bond donors (Lipinski definition) is 1. The van der Waals surface area contributed by atoms with Crippen LogP contribution in [0.3, 0.4) is 0 Å². The molecule has 0 fully saturated rings. The van der Waals surface area contributed by atoms with Crippen molar-refractivity contribution < 1.29 is 14.3 Å². The van der Waals surface area contributed by atoms with Gasteiger partial charge in [0, 0.05) is 33.1 Å². The lowest BCUT2D eigenvalue weighted by atomic mass is 9.78. The van der Waals surface area contributed by atoms with Crippen LogP contribution in [0.15, 0.2) is 34.7 Å². The van der Waals surface area contributed by atoms with E-state index in [9.17, 15) is 9.59 Å². The number of rotatable bonds is 3. The second-order valence-corrected chi connectivity index (χ2v) is 7.11. The van der Waals surface area contributed by atoms with Gasteiger partial charge in [-0.2, -0.15) is 0 Å². The largest absolute Gasteiger partial charge is 0.466 e. The summed E-state index contributed by atoms with van der Waals surface area (Å²) in [5.41, 5.74) is 3.09. The molecule has 1 aromatic rings. The second-order valence-electron chi connectivity index (χ2n) is 5.91. The van der Waals surface area contributed by atoms with Gasteiger partial charge < -0.3 is 10.1 Å². The van der Waals surface area contributed by atoms with Crippen LogP contribution in [0, 0.1) is 0 Å². The zero-order valence-electron chi connectivity index (χ0n) is 13.7. The number of ketones is 1. The summed E-state index contributed by atoms with van der Waals surface area (Å²) in [6, 6.07) is 4.13. The van der Waals surface area contributed by atoms with Crippen molar-refractivity contribution in [2.45, 2.75) is 45.4 Å². The summed E-state index contributed by atoms with van der Waals surface area (Å²) in [4.78, 5) is 27.3. The molecule has 1 N–H and O–H groups in total. The molecule has 1 aromatic heterocycles. The molecule has 1 unspecified atom stereocenters. The highest BCUT2D eigenvalue weighted by molar-refractivity contribution is 7.12. The van der Waals surface area contributed by atoms with E-state index in [2.05, 4.69) is 18.3 Å². The van der Waals surface area contributed by atoms with Gasteiger partial charge in [0.05, 0.1) is 18.6 Å². The molecule has 122 valence electrons. The van der Waals surface area contributed by atoms with Crippen molar-refractivity contribution >= 4 is 23.1 Å². The summed E-state index contributed by atoms with van der Waals surface area (Å²) in [5.74, 6) is -0.516. The average Bonchev–Trinajstić information content (AvgIpc) is 3.02. The van der Waals surface area contributed by atoms with E-state index in [1.807, 2.05) is 13.0 Å². The molecule has 5 heteroatoms. The molecule has 2 heterocycles. The highest BCUT2D eigenvalue weighted by Crippen LogP contribution is 2.44. The lowest BCUT2D eigenvalue weighted by Crippen LogP contribution is -2.33. The van der Waals surface area contributed by atoms with Gasteiger partial charge >= 0.3 is 5.97 Å². The van der Waals surface area contributed by atoms with Gasteiger partial charge in [0.25, 0.3) is 0 Å². The first kappa shape index (κ1) is 16.0. The van der Waals surface area contributed by atoms with Gasteiger partial charge in [0.2, 0.25) is 0 Å². The Morgan fingerprint density at radius 3 is 2.83 bits per heavy atom. The number of Topliss-reactive ketones (excluding diaryl/α,β-unsaturated/α-hetero) is 1. The Bertz CT molecular complexity index is 726. The van der Waals surface area contributed by atoms with Crippen LogP contribution in [0.1, 0.15) is 48.8 Å². The number of thiophene rings is 1. The summed E-state index contributed by atoms with van der Waals surface area (Å²) < 4.78 is 4.99. The fourth-order valence-corrected chi connectivity index (χ4v) is 4.46. The molecular weight excluding hydrogens is 310 g/mol. The summed E-state index contributed by atoms with van der Waals surface area (Å²) in [6.45, 7) is 3.99. The van der Waals surface area contributed by atoms with Crippen molar-refractivity contribution in [3.05, 3.63) is 44.4 Å². The Kier molecular flexibility index (Phi) is 4.39. The molecule has 1 aliphatic heterocycles. The summed E-state index contributed by atoms with van der Waals surface area (Å²) >= 11 is 1.67. The Labute approximate surface area is 140 Å². The predicted molar refractivity (Wildman–Crippen MR) is 90.2 cm³/mol. The molecule has 1 aliphatic carbocycles. The zero-order valence-corrected chi connectivity index (χ0v) is 14.5. The molecule has 3 rings (SSSR count). The van der Waals surface area contributed by atoms with Crippen molar-refractivity contribution in [2.24, 2.45) is 0 Å². The smallest absolute Gasteiger partial charge is 0.336 e. The third-order valence-electron chi connectivity index (χ3n) is 4.50. The number of esters is 1. The molecule has 0 amide bonds. The summed E-state index contributed by atoms with van der Waals surface area (Å²) in [7, 11) is 1.39. The molecule has 0 bridgehead atoms. The molecule has 0 spiro atoms. The number of nitrogens with one attached hydrogen (secondary N) is 1. The normalized spacial score (nSPS) is 21.2. The Morgan fingerprint density at radius 2 is 2.17 bits per heavy atom. The zero-order chi connectivity index (χ0) is 16.6. The van der Waals surface area contributed by atoms with Gasteiger partial charge in [-0.1, -0.05) is 6.92 Å². The van der Waals surface area contributed by atoms with Crippen molar-refractivity contribution in [2.75, 3.05) is 7.11 Å². The average molecular weight is 331 g/mol. The minimum absolute atomic E-state index is 0.143. The van der Waals surface area contributed by atoms with E-state index in [0.717, 1.165) is 41.1 Å². The first-order valence-corrected chi connectivity index (χ1v) is 8.79. The number of carbonyl (C=O) groups excluding carboxylic acids is 2. The van der Waals surface area contributed by atoms with Crippen LogP contribution >= 0.6 is 11.3 Å². The van der Waals surface area contributed by atoms with E-state index in [1.165, 1.54) is 12.0 Å². The Hall–Kier alpha value is -1.88. The summed E-state index contributed by atoms with van der Waals surface area (Å²) in [6.07, 6.45) is 3.22. The van der Waals surface area contributed by atoms with E-state index >= 15 is 0 Å². The maximum atomic E-state index is 12.6. The first-order chi connectivity index (χ1) is 11.1. The molecule has 0 radical (unpaired) electrons. The lowest BCUT2D eigenvalue weighted by molar-refractivity contribution is -0.136. The molecule has 1 atom stereocenters. The van der Waals surface area contributed by atoms with E-state index in [1.54, 1.807) is 11.3 Å². The van der Waals surface area contributed by atoms with Crippen molar-refractivity contribution in [3.8, 4) is 0 Å². The number of aryl methyl sites for hydroxylation is 1. The Morgan fingerprint density at radius 1 is 1.39 bits per heavy atom. The van der Waals surface area contributed by atoms with Gasteiger partial charge in [-0.25, -0.2) is 4.79 Å². The van der Waals surface area contributed by atoms with Crippen molar-refractivity contribution in [3.63, 3.8) is 0 Å². The van der Waals surface area contributed by atoms with Gasteiger partial charge in [0.15, 0.2) is 5.78 Å². The highest BCUT2D eigenvalue weighted by atomic mass is 32.1. The van der Waals surface area contributed by atoms with Gasteiger partial charge in [-0.15, -0.1) is 11.3 Å². The van der Waals surface area contributed by atoms with Crippen LogP contribution in [0.5, 0.6) is 0 Å². The summed E-state index contributed by atoms with van der Waals surface area (Å²) in [5, 5.41) is 3.28. The molecule has 0 saturated heterocycles. The maximum Gasteiger partial charge on any atom is 0.336 e. The number of carbonyl (C=O) groups is 2. The van der Waals surface area contributed by atoms with E-state index in [-0.39, 0.29) is 17.7 Å². The van der Waals surface area contributed by atoms with Crippen molar-refractivity contribution in [1.29, 1.82) is 0 Å². The third-order valence-corrected chi connectivity index (χ3v) is 5.79. The SMILES string of the molecule is CCc1ccc(C2C(C(=O)OC)=C(C)NC3=C2C(=O)CCC3)s1. The number of hydrogen-bond acceptors (Lipinski definition) is 5. The van der Waals surface area contributed by atoms with Crippen LogP contribution in [0.4, 0.5) is 0 Å². The lowest BCUT2D eigenvalue weighted by Gasteiger charge is -2.33. The predicted octanol–water partition coefficient (Wildman–Crippen LogP) is 3.45. The van der Waals surface area contributed by atoms with Crippen LogP contribution < -0.4 is 5.32 Å². The topological polar surface area (TPSA) is 55.4 Å². The van der Waals surface area contributed by atoms with Crippen LogP contribution in [0.25, 0.3) is 0 Å².